The Kier molecular flexibility index (Phi) is 8.32. The molecule has 0 atom stereocenters. The topological polar surface area (TPSA) is 85.8 Å². The molecule has 7 nitrogen and oxygen atoms in total. The summed E-state index contributed by atoms with van der Waals surface area (Å²) in [6, 6.07) is 10.9. The second kappa shape index (κ2) is 10.9. The lowest BCUT2D eigenvalue weighted by atomic mass is 9.86. The molecule has 1 aliphatic carbocycles. The average Bonchev–Trinajstić information content (AvgIpc) is 2.68. The van der Waals surface area contributed by atoms with Crippen LogP contribution in [0.2, 0.25) is 0 Å². The molecule has 0 bridgehead atoms. The number of rotatable bonds is 9. The number of aliphatic imine (C=N–C) groups is 1. The lowest BCUT2D eigenvalue weighted by Crippen LogP contribution is -2.49. The molecule has 2 fully saturated rings. The normalized spacial score (nSPS) is 19.7. The zero-order valence-electron chi connectivity index (χ0n) is 17.4. The maximum atomic E-state index is 12.1. The number of guanidine groups is 1. The van der Waals surface area contributed by atoms with Gasteiger partial charge in [-0.3, -0.25) is 9.89 Å². The van der Waals surface area contributed by atoms with Crippen molar-refractivity contribution in [2.75, 3.05) is 39.0 Å². The van der Waals surface area contributed by atoms with Gasteiger partial charge in [0, 0.05) is 45.8 Å². The fourth-order valence-electron chi connectivity index (χ4n) is 3.78. The molecule has 1 heterocycles. The van der Waals surface area contributed by atoms with E-state index in [1.54, 1.807) is 7.05 Å². The molecular weight excluding hydrogens is 386 g/mol. The summed E-state index contributed by atoms with van der Waals surface area (Å²) in [6.45, 7) is 4.02. The smallest absolute Gasteiger partial charge is 0.213 e. The summed E-state index contributed by atoms with van der Waals surface area (Å²) in [6.07, 6.45) is 5.60. The van der Waals surface area contributed by atoms with Crippen molar-refractivity contribution in [1.82, 2.24) is 20.3 Å². The van der Waals surface area contributed by atoms with Crippen LogP contribution in [0.3, 0.4) is 0 Å². The van der Waals surface area contributed by atoms with E-state index in [0.29, 0.717) is 31.0 Å². The third-order valence-electron chi connectivity index (χ3n) is 5.88. The molecule has 1 aromatic rings. The van der Waals surface area contributed by atoms with E-state index in [2.05, 4.69) is 49.5 Å². The van der Waals surface area contributed by atoms with Crippen LogP contribution in [0.15, 0.2) is 35.3 Å². The number of piperidine rings is 1. The quantitative estimate of drug-likeness (QED) is 0.416. The van der Waals surface area contributed by atoms with Gasteiger partial charge < -0.3 is 10.6 Å². The number of nitrogens with one attached hydrogen (secondary N) is 3. The minimum atomic E-state index is -3.23. The lowest BCUT2D eigenvalue weighted by Gasteiger charge is -2.33. The molecule has 0 unspecified atom stereocenters. The molecule has 0 aromatic heterocycles. The Balaban J connectivity index is 1.32. The second-order valence-corrected chi connectivity index (χ2v) is 10.1. The number of nitrogens with zero attached hydrogens (tertiary/aromatic N) is 2. The van der Waals surface area contributed by atoms with Gasteiger partial charge in [0.05, 0.1) is 5.75 Å². The van der Waals surface area contributed by atoms with Crippen molar-refractivity contribution in [2.45, 2.75) is 44.7 Å². The van der Waals surface area contributed by atoms with Crippen LogP contribution in [0, 0.1) is 5.92 Å². The van der Waals surface area contributed by atoms with Crippen LogP contribution in [0.5, 0.6) is 0 Å². The van der Waals surface area contributed by atoms with Gasteiger partial charge in [-0.2, -0.15) is 0 Å². The summed E-state index contributed by atoms with van der Waals surface area (Å²) in [5.74, 6) is 1.27. The number of hydrogen-bond acceptors (Lipinski definition) is 4. The third-order valence-corrected chi connectivity index (χ3v) is 7.23. The van der Waals surface area contributed by atoms with Crippen LogP contribution in [0.25, 0.3) is 0 Å². The first-order chi connectivity index (χ1) is 14.0. The molecular formula is C21H35N5O2S. The van der Waals surface area contributed by atoms with E-state index < -0.39 is 10.0 Å². The standard InChI is InChI=1S/C21H35N5O2S/c1-22-21(23-12-15-29(27,28)24-16-18-8-5-9-18)25-20-10-13-26(14-11-20)17-19-6-3-2-4-7-19/h2-4,6-7,18,20,24H,5,8-17H2,1H3,(H2,22,23,25). The summed E-state index contributed by atoms with van der Waals surface area (Å²) in [4.78, 5) is 6.73. The third kappa shape index (κ3) is 7.60. The number of hydrogen-bond donors (Lipinski definition) is 3. The van der Waals surface area contributed by atoms with E-state index in [4.69, 9.17) is 0 Å². The summed E-state index contributed by atoms with van der Waals surface area (Å²) in [5, 5.41) is 6.59. The van der Waals surface area contributed by atoms with Crippen LogP contribution in [-0.4, -0.2) is 64.3 Å². The molecule has 3 rings (SSSR count). The first kappa shape index (κ1) is 22.1. The van der Waals surface area contributed by atoms with E-state index in [1.807, 2.05) is 6.07 Å². The summed E-state index contributed by atoms with van der Waals surface area (Å²) in [7, 11) is -1.50. The molecule has 162 valence electrons. The molecule has 0 amide bonds. The van der Waals surface area contributed by atoms with Gasteiger partial charge in [0.2, 0.25) is 10.0 Å². The molecule has 2 aliphatic rings. The molecule has 8 heteroatoms. The largest absolute Gasteiger partial charge is 0.355 e. The lowest BCUT2D eigenvalue weighted by molar-refractivity contribution is 0.198. The van der Waals surface area contributed by atoms with Crippen LogP contribution in [0.1, 0.15) is 37.7 Å². The van der Waals surface area contributed by atoms with E-state index >= 15 is 0 Å². The van der Waals surface area contributed by atoms with Crippen LogP contribution >= 0.6 is 0 Å². The van der Waals surface area contributed by atoms with Crippen molar-refractivity contribution in [3.63, 3.8) is 0 Å². The minimum Gasteiger partial charge on any atom is -0.355 e. The van der Waals surface area contributed by atoms with Gasteiger partial charge in [0.25, 0.3) is 0 Å². The highest BCUT2D eigenvalue weighted by atomic mass is 32.2. The molecule has 1 saturated carbocycles. The van der Waals surface area contributed by atoms with E-state index in [9.17, 15) is 8.42 Å². The van der Waals surface area contributed by atoms with Crippen molar-refractivity contribution >= 4 is 16.0 Å². The number of sulfonamides is 1. The van der Waals surface area contributed by atoms with Crippen molar-refractivity contribution < 1.29 is 8.42 Å². The number of likely N-dealkylation sites (tertiary alicyclic amines) is 1. The van der Waals surface area contributed by atoms with E-state index in [-0.39, 0.29) is 5.75 Å². The highest BCUT2D eigenvalue weighted by Gasteiger charge is 2.21. The molecule has 0 radical (unpaired) electrons. The summed E-state index contributed by atoms with van der Waals surface area (Å²) in [5.41, 5.74) is 1.35. The molecule has 1 aliphatic heterocycles. The first-order valence-corrected chi connectivity index (χ1v) is 12.4. The highest BCUT2D eigenvalue weighted by Crippen LogP contribution is 2.25. The maximum absolute atomic E-state index is 12.1. The van der Waals surface area contributed by atoms with Gasteiger partial charge in [-0.05, 0) is 37.2 Å². The van der Waals surface area contributed by atoms with Gasteiger partial charge in [-0.1, -0.05) is 36.8 Å². The van der Waals surface area contributed by atoms with Crippen molar-refractivity contribution in [2.24, 2.45) is 10.9 Å². The average molecular weight is 422 g/mol. The summed E-state index contributed by atoms with van der Waals surface area (Å²) >= 11 is 0. The van der Waals surface area contributed by atoms with E-state index in [1.165, 1.54) is 12.0 Å². The predicted octanol–water partition coefficient (Wildman–Crippen LogP) is 1.54. The fourth-order valence-corrected chi connectivity index (χ4v) is 4.79. The van der Waals surface area contributed by atoms with Gasteiger partial charge in [0.1, 0.15) is 0 Å². The Hall–Kier alpha value is -1.64. The van der Waals surface area contributed by atoms with Gasteiger partial charge >= 0.3 is 0 Å². The molecule has 1 aromatic carbocycles. The van der Waals surface area contributed by atoms with Gasteiger partial charge in [0.15, 0.2) is 5.96 Å². The first-order valence-electron chi connectivity index (χ1n) is 10.7. The predicted molar refractivity (Wildman–Crippen MR) is 118 cm³/mol. The maximum Gasteiger partial charge on any atom is 0.213 e. The number of benzene rings is 1. The Bertz CT molecular complexity index is 742. The van der Waals surface area contributed by atoms with Crippen LogP contribution in [-0.2, 0) is 16.6 Å². The van der Waals surface area contributed by atoms with Gasteiger partial charge in [-0.15, -0.1) is 0 Å². The van der Waals surface area contributed by atoms with Crippen LogP contribution in [0.4, 0.5) is 0 Å². The van der Waals surface area contributed by atoms with Crippen molar-refractivity contribution in [3.8, 4) is 0 Å². The Morgan fingerprint density at radius 1 is 1.14 bits per heavy atom. The Morgan fingerprint density at radius 3 is 2.48 bits per heavy atom. The van der Waals surface area contributed by atoms with Crippen LogP contribution < -0.4 is 15.4 Å². The second-order valence-electron chi connectivity index (χ2n) is 8.14. The zero-order valence-corrected chi connectivity index (χ0v) is 18.3. The minimum absolute atomic E-state index is 0.0654. The van der Waals surface area contributed by atoms with Gasteiger partial charge in [-0.25, -0.2) is 13.1 Å². The molecule has 1 saturated heterocycles. The SMILES string of the molecule is CN=C(NCCS(=O)(=O)NCC1CCC1)NC1CCN(Cc2ccccc2)CC1. The van der Waals surface area contributed by atoms with Crippen molar-refractivity contribution in [1.29, 1.82) is 0 Å². The fraction of sp³-hybridized carbons (Fsp3) is 0.667. The molecule has 0 spiro atoms. The highest BCUT2D eigenvalue weighted by molar-refractivity contribution is 7.89. The van der Waals surface area contributed by atoms with Crippen molar-refractivity contribution in [3.05, 3.63) is 35.9 Å². The Labute approximate surface area is 175 Å². The monoisotopic (exact) mass is 421 g/mol. The zero-order chi connectivity index (χ0) is 20.5. The molecule has 3 N–H and O–H groups in total. The van der Waals surface area contributed by atoms with E-state index in [0.717, 1.165) is 45.3 Å². The Morgan fingerprint density at radius 2 is 1.86 bits per heavy atom. The summed E-state index contributed by atoms with van der Waals surface area (Å²) < 4.78 is 26.9. The molecule has 29 heavy (non-hydrogen) atoms.